The minimum atomic E-state index is -0.810. The molecule has 2 amide bonds. The standard InChI is InChI=1S/C23H24N4O4/c1-3-4-13-31-23(30)20-7-5-6-8-21(20)26-15-17(14-24)22(29)27(16(2)28)19-11-9-18(25)10-12-19/h5-12,15,26H,3-4,13,25H2,1-2H3/b17-15-. The minimum Gasteiger partial charge on any atom is -0.462 e. The average molecular weight is 420 g/mol. The molecule has 0 radical (unpaired) electrons. The van der Waals surface area contributed by atoms with E-state index in [1.165, 1.54) is 19.1 Å². The highest BCUT2D eigenvalue weighted by Gasteiger charge is 2.24. The van der Waals surface area contributed by atoms with E-state index in [9.17, 15) is 19.6 Å². The van der Waals surface area contributed by atoms with Gasteiger partial charge in [-0.05, 0) is 42.8 Å². The Balaban J connectivity index is 2.27. The highest BCUT2D eigenvalue weighted by molar-refractivity contribution is 6.21. The number of rotatable bonds is 8. The molecule has 0 spiro atoms. The fourth-order valence-corrected chi connectivity index (χ4v) is 2.65. The number of nitrogens with two attached hydrogens (primary N) is 1. The van der Waals surface area contributed by atoms with E-state index in [1.807, 2.05) is 6.92 Å². The predicted octanol–water partition coefficient (Wildman–Crippen LogP) is 3.62. The number of anilines is 3. The van der Waals surface area contributed by atoms with Gasteiger partial charge in [0.2, 0.25) is 5.91 Å². The Kier molecular flexibility index (Phi) is 8.34. The summed E-state index contributed by atoms with van der Waals surface area (Å²) in [6.45, 7) is 3.51. The Morgan fingerprint density at radius 3 is 2.45 bits per heavy atom. The van der Waals surface area contributed by atoms with Crippen LogP contribution in [0.3, 0.4) is 0 Å². The van der Waals surface area contributed by atoms with E-state index in [2.05, 4.69) is 5.32 Å². The van der Waals surface area contributed by atoms with Crippen LogP contribution in [0, 0.1) is 11.3 Å². The molecule has 2 aromatic rings. The molecule has 0 atom stereocenters. The summed E-state index contributed by atoms with van der Waals surface area (Å²) in [6, 6.07) is 14.5. The Hall–Kier alpha value is -4.12. The number of hydrogen-bond acceptors (Lipinski definition) is 7. The molecule has 0 aromatic heterocycles. The van der Waals surface area contributed by atoms with Crippen molar-refractivity contribution in [3.63, 3.8) is 0 Å². The second kappa shape index (κ2) is 11.2. The number of amides is 2. The molecule has 0 aliphatic rings. The van der Waals surface area contributed by atoms with Gasteiger partial charge < -0.3 is 15.8 Å². The summed E-state index contributed by atoms with van der Waals surface area (Å²) < 4.78 is 5.23. The predicted molar refractivity (Wildman–Crippen MR) is 118 cm³/mol. The SMILES string of the molecule is CCCCOC(=O)c1ccccc1N/C=C(/C#N)C(=O)N(C(C)=O)c1ccc(N)cc1. The van der Waals surface area contributed by atoms with Gasteiger partial charge in [-0.25, -0.2) is 9.69 Å². The van der Waals surface area contributed by atoms with E-state index >= 15 is 0 Å². The van der Waals surface area contributed by atoms with E-state index < -0.39 is 17.8 Å². The number of carbonyl (C=O) groups is 3. The number of unbranched alkanes of at least 4 members (excludes halogenated alkanes) is 1. The fraction of sp³-hybridized carbons (Fsp3) is 0.217. The van der Waals surface area contributed by atoms with Crippen molar-refractivity contribution in [1.82, 2.24) is 0 Å². The number of benzene rings is 2. The number of nitrogens with one attached hydrogen (secondary N) is 1. The highest BCUT2D eigenvalue weighted by atomic mass is 16.5. The number of imide groups is 1. The molecule has 3 N–H and O–H groups in total. The first-order valence-electron chi connectivity index (χ1n) is 9.72. The van der Waals surface area contributed by atoms with Crippen molar-refractivity contribution < 1.29 is 19.1 Å². The van der Waals surface area contributed by atoms with Gasteiger partial charge in [0.1, 0.15) is 11.6 Å². The number of esters is 1. The Bertz CT molecular complexity index is 1020. The number of nitriles is 1. The van der Waals surface area contributed by atoms with E-state index in [0.717, 1.165) is 23.9 Å². The monoisotopic (exact) mass is 420 g/mol. The Morgan fingerprint density at radius 2 is 1.84 bits per heavy atom. The first-order valence-corrected chi connectivity index (χ1v) is 9.72. The summed E-state index contributed by atoms with van der Waals surface area (Å²) in [5.74, 6) is -1.88. The fourth-order valence-electron chi connectivity index (χ4n) is 2.65. The lowest BCUT2D eigenvalue weighted by molar-refractivity contribution is -0.123. The Labute approximate surface area is 180 Å². The molecule has 0 heterocycles. The van der Waals surface area contributed by atoms with Gasteiger partial charge in [0.05, 0.1) is 23.5 Å². The second-order valence-electron chi connectivity index (χ2n) is 6.60. The average Bonchev–Trinajstić information content (AvgIpc) is 2.76. The summed E-state index contributed by atoms with van der Waals surface area (Å²) in [5.41, 5.74) is 6.73. The van der Waals surface area contributed by atoms with Crippen LogP contribution < -0.4 is 16.0 Å². The van der Waals surface area contributed by atoms with Crippen molar-refractivity contribution >= 4 is 34.8 Å². The lowest BCUT2D eigenvalue weighted by Gasteiger charge is -2.19. The molecule has 0 aliphatic carbocycles. The summed E-state index contributed by atoms with van der Waals surface area (Å²) in [4.78, 5) is 38.2. The normalized spacial score (nSPS) is 10.7. The van der Waals surface area contributed by atoms with Crippen LogP contribution in [0.2, 0.25) is 0 Å². The van der Waals surface area contributed by atoms with Gasteiger partial charge >= 0.3 is 5.97 Å². The third kappa shape index (κ3) is 6.18. The summed E-state index contributed by atoms with van der Waals surface area (Å²) in [7, 11) is 0. The van der Waals surface area contributed by atoms with Gasteiger partial charge in [0.15, 0.2) is 0 Å². The minimum absolute atomic E-state index is 0.265. The maximum atomic E-state index is 12.9. The van der Waals surface area contributed by atoms with Crippen LogP contribution in [0.25, 0.3) is 0 Å². The van der Waals surface area contributed by atoms with Crippen LogP contribution in [-0.4, -0.2) is 24.4 Å². The van der Waals surface area contributed by atoms with Gasteiger partial charge in [-0.15, -0.1) is 0 Å². The third-order valence-corrected chi connectivity index (χ3v) is 4.27. The zero-order valence-electron chi connectivity index (χ0n) is 17.4. The molecule has 0 fully saturated rings. The first-order chi connectivity index (χ1) is 14.9. The smallest absolute Gasteiger partial charge is 0.340 e. The second-order valence-corrected chi connectivity index (χ2v) is 6.60. The summed E-state index contributed by atoms with van der Waals surface area (Å²) in [6.07, 6.45) is 2.80. The molecular formula is C23H24N4O4. The first kappa shape index (κ1) is 23.2. The molecule has 8 nitrogen and oxygen atoms in total. The topological polar surface area (TPSA) is 126 Å². The maximum absolute atomic E-state index is 12.9. The van der Waals surface area contributed by atoms with Crippen molar-refractivity contribution in [2.24, 2.45) is 0 Å². The number of nitrogen functional groups attached to an aromatic ring is 1. The molecular weight excluding hydrogens is 396 g/mol. The number of carbonyl (C=O) groups excluding carboxylic acids is 3. The molecule has 160 valence electrons. The summed E-state index contributed by atoms with van der Waals surface area (Å²) >= 11 is 0. The molecule has 2 aromatic carbocycles. The van der Waals surface area contributed by atoms with Crippen LogP contribution in [0.1, 0.15) is 37.0 Å². The van der Waals surface area contributed by atoms with Crippen LogP contribution in [0.4, 0.5) is 17.1 Å². The van der Waals surface area contributed by atoms with Gasteiger partial charge in [-0.1, -0.05) is 25.5 Å². The molecule has 0 aliphatic heterocycles. The molecule has 0 saturated carbocycles. The lowest BCUT2D eigenvalue weighted by atomic mass is 10.1. The van der Waals surface area contributed by atoms with Crippen LogP contribution in [0.5, 0.6) is 0 Å². The van der Waals surface area contributed by atoms with Gasteiger partial charge in [0, 0.05) is 18.8 Å². The van der Waals surface area contributed by atoms with E-state index in [-0.39, 0.29) is 16.8 Å². The molecule has 0 saturated heterocycles. The van der Waals surface area contributed by atoms with Gasteiger partial charge in [0.25, 0.3) is 5.91 Å². The van der Waals surface area contributed by atoms with Crippen molar-refractivity contribution in [1.29, 1.82) is 5.26 Å². The van der Waals surface area contributed by atoms with Gasteiger partial charge in [-0.2, -0.15) is 5.26 Å². The zero-order valence-corrected chi connectivity index (χ0v) is 17.4. The third-order valence-electron chi connectivity index (χ3n) is 4.27. The van der Waals surface area contributed by atoms with Crippen molar-refractivity contribution in [2.75, 3.05) is 22.6 Å². The number of ether oxygens (including phenoxy) is 1. The van der Waals surface area contributed by atoms with Crippen molar-refractivity contribution in [3.8, 4) is 6.07 Å². The van der Waals surface area contributed by atoms with Gasteiger partial charge in [-0.3, -0.25) is 9.59 Å². The van der Waals surface area contributed by atoms with Crippen LogP contribution >= 0.6 is 0 Å². The van der Waals surface area contributed by atoms with E-state index in [0.29, 0.717) is 18.0 Å². The number of para-hydroxylation sites is 1. The maximum Gasteiger partial charge on any atom is 0.340 e. The van der Waals surface area contributed by atoms with Crippen molar-refractivity contribution in [3.05, 3.63) is 65.9 Å². The highest BCUT2D eigenvalue weighted by Crippen LogP contribution is 2.20. The zero-order chi connectivity index (χ0) is 22.8. The molecule has 0 bridgehead atoms. The van der Waals surface area contributed by atoms with E-state index in [1.54, 1.807) is 42.5 Å². The molecule has 0 unspecified atom stereocenters. The lowest BCUT2D eigenvalue weighted by Crippen LogP contribution is -2.36. The molecule has 8 heteroatoms. The summed E-state index contributed by atoms with van der Waals surface area (Å²) in [5, 5.41) is 12.3. The molecule has 2 rings (SSSR count). The van der Waals surface area contributed by atoms with Crippen molar-refractivity contribution in [2.45, 2.75) is 26.7 Å². The van der Waals surface area contributed by atoms with E-state index in [4.69, 9.17) is 10.5 Å². The van der Waals surface area contributed by atoms with Crippen LogP contribution in [-0.2, 0) is 14.3 Å². The number of nitrogens with zero attached hydrogens (tertiary/aromatic N) is 2. The largest absolute Gasteiger partial charge is 0.462 e. The Morgan fingerprint density at radius 1 is 1.16 bits per heavy atom. The quantitative estimate of drug-likeness (QED) is 0.220. The van der Waals surface area contributed by atoms with Crippen LogP contribution in [0.15, 0.2) is 60.3 Å². The number of hydrogen-bond donors (Lipinski definition) is 2. The molecule has 31 heavy (non-hydrogen) atoms.